The summed E-state index contributed by atoms with van der Waals surface area (Å²) in [6.45, 7) is 0.355. The maximum absolute atomic E-state index is 12.9. The Morgan fingerprint density at radius 3 is 2.37 bits per heavy atom. The number of methoxy groups -OCH3 is 2. The van der Waals surface area contributed by atoms with Gasteiger partial charge in [0.25, 0.3) is 5.69 Å². The van der Waals surface area contributed by atoms with Crippen molar-refractivity contribution in [2.75, 3.05) is 31.4 Å². The van der Waals surface area contributed by atoms with Crippen LogP contribution in [0.1, 0.15) is 12.8 Å². The molecule has 30 heavy (non-hydrogen) atoms. The van der Waals surface area contributed by atoms with E-state index in [0.29, 0.717) is 36.6 Å². The van der Waals surface area contributed by atoms with E-state index in [9.17, 15) is 19.7 Å². The zero-order valence-corrected chi connectivity index (χ0v) is 16.6. The Balaban J connectivity index is 1.77. The number of carbonyl (C=O) groups is 2. The quantitative estimate of drug-likeness (QED) is 0.552. The van der Waals surface area contributed by atoms with E-state index in [-0.39, 0.29) is 11.4 Å². The largest absolute Gasteiger partial charge is 0.494 e. The molecule has 1 saturated heterocycles. The average Bonchev–Trinajstić information content (AvgIpc) is 3.24. The molecular weight excluding hydrogens is 392 g/mol. The molecule has 2 aromatic carbocycles. The fraction of sp³-hybridized carbons (Fsp3) is 0.300. The Morgan fingerprint density at radius 1 is 1.07 bits per heavy atom. The van der Waals surface area contributed by atoms with Crippen LogP contribution >= 0.6 is 0 Å². The van der Waals surface area contributed by atoms with Gasteiger partial charge < -0.3 is 25.0 Å². The number of para-hydroxylation sites is 3. The van der Waals surface area contributed by atoms with Gasteiger partial charge in [-0.3, -0.25) is 14.9 Å². The molecule has 0 saturated carbocycles. The summed E-state index contributed by atoms with van der Waals surface area (Å²) >= 11 is 0. The van der Waals surface area contributed by atoms with Crippen LogP contribution in [0.3, 0.4) is 0 Å². The summed E-state index contributed by atoms with van der Waals surface area (Å²) in [6.07, 6.45) is 1.10. The highest BCUT2D eigenvalue weighted by Gasteiger charge is 2.35. The summed E-state index contributed by atoms with van der Waals surface area (Å²) in [4.78, 5) is 37.7. The van der Waals surface area contributed by atoms with Crippen LogP contribution in [0.2, 0.25) is 0 Å². The van der Waals surface area contributed by atoms with E-state index < -0.39 is 22.9 Å². The maximum atomic E-state index is 12.9. The third kappa shape index (κ3) is 4.27. The molecule has 3 amide bonds. The van der Waals surface area contributed by atoms with Gasteiger partial charge in [0.05, 0.1) is 19.1 Å². The predicted molar refractivity (Wildman–Crippen MR) is 110 cm³/mol. The van der Waals surface area contributed by atoms with Gasteiger partial charge >= 0.3 is 6.03 Å². The minimum atomic E-state index is -0.734. The topological polar surface area (TPSA) is 123 Å². The highest BCUT2D eigenvalue weighted by molar-refractivity contribution is 6.01. The first-order chi connectivity index (χ1) is 14.5. The standard InChI is InChI=1S/C20H22N4O6/c1-29-16-10-5-11-17(30-2)18(16)22-19(25)15-9-6-12-23(15)20(26)21-13-7-3-4-8-14(13)24(27)28/h3-5,7-8,10-11,15H,6,9,12H2,1-2H3,(H,21,26)(H,22,25)/t15-/m0/s1. The van der Waals surface area contributed by atoms with Crippen LogP contribution in [-0.2, 0) is 4.79 Å². The Hall–Kier alpha value is -3.82. The van der Waals surface area contributed by atoms with Gasteiger partial charge in [-0.25, -0.2) is 4.79 Å². The van der Waals surface area contributed by atoms with Crippen LogP contribution in [0.25, 0.3) is 0 Å². The lowest BCUT2D eigenvalue weighted by atomic mass is 10.2. The number of anilines is 2. The minimum Gasteiger partial charge on any atom is -0.494 e. The molecule has 0 aromatic heterocycles. The molecule has 0 unspecified atom stereocenters. The van der Waals surface area contributed by atoms with Crippen LogP contribution in [-0.4, -0.2) is 48.6 Å². The zero-order valence-electron chi connectivity index (χ0n) is 16.6. The molecule has 1 aliphatic heterocycles. The van der Waals surface area contributed by atoms with Gasteiger partial charge in [-0.15, -0.1) is 0 Å². The molecule has 3 rings (SSSR count). The number of ether oxygens (including phenoxy) is 2. The molecule has 0 spiro atoms. The van der Waals surface area contributed by atoms with Crippen molar-refractivity contribution in [2.45, 2.75) is 18.9 Å². The Kier molecular flexibility index (Phi) is 6.35. The third-order valence-electron chi connectivity index (χ3n) is 4.83. The number of nitrogens with zero attached hydrogens (tertiary/aromatic N) is 2. The number of nitro groups is 1. The first kappa shape index (κ1) is 20.9. The number of hydrogen-bond acceptors (Lipinski definition) is 6. The van der Waals surface area contributed by atoms with E-state index in [0.717, 1.165) is 0 Å². The van der Waals surface area contributed by atoms with Crippen molar-refractivity contribution in [3.8, 4) is 11.5 Å². The number of rotatable bonds is 6. The fourth-order valence-corrected chi connectivity index (χ4v) is 3.39. The molecule has 1 aliphatic rings. The fourth-order valence-electron chi connectivity index (χ4n) is 3.39. The summed E-state index contributed by atoms with van der Waals surface area (Å²) in [5.41, 5.74) is 0.230. The predicted octanol–water partition coefficient (Wildman–Crippen LogP) is 3.25. The smallest absolute Gasteiger partial charge is 0.322 e. The first-order valence-electron chi connectivity index (χ1n) is 9.29. The highest BCUT2D eigenvalue weighted by atomic mass is 16.6. The first-order valence-corrected chi connectivity index (χ1v) is 9.29. The van der Waals surface area contributed by atoms with Crippen LogP contribution in [0, 0.1) is 10.1 Å². The molecule has 0 aliphatic carbocycles. The lowest BCUT2D eigenvalue weighted by Gasteiger charge is -2.25. The van der Waals surface area contributed by atoms with Gasteiger partial charge in [-0.05, 0) is 31.0 Å². The number of hydrogen-bond donors (Lipinski definition) is 2. The second-order valence-corrected chi connectivity index (χ2v) is 6.58. The van der Waals surface area contributed by atoms with Gasteiger partial charge in [0.15, 0.2) is 0 Å². The van der Waals surface area contributed by atoms with E-state index in [4.69, 9.17) is 9.47 Å². The van der Waals surface area contributed by atoms with E-state index in [2.05, 4.69) is 10.6 Å². The SMILES string of the molecule is COc1cccc(OC)c1NC(=O)[C@@H]1CCCN1C(=O)Nc1ccccc1[N+](=O)[O-]. The molecule has 2 aromatic rings. The van der Waals surface area contributed by atoms with E-state index in [1.54, 1.807) is 24.3 Å². The van der Waals surface area contributed by atoms with Crippen molar-refractivity contribution in [1.29, 1.82) is 0 Å². The Labute approximate surface area is 172 Å². The van der Waals surface area contributed by atoms with Crippen LogP contribution < -0.4 is 20.1 Å². The number of carbonyl (C=O) groups excluding carboxylic acids is 2. The number of amides is 3. The Bertz CT molecular complexity index is 942. The third-order valence-corrected chi connectivity index (χ3v) is 4.83. The number of urea groups is 1. The second kappa shape index (κ2) is 9.12. The van der Waals surface area contributed by atoms with Crippen molar-refractivity contribution in [3.05, 3.63) is 52.6 Å². The van der Waals surface area contributed by atoms with Crippen molar-refractivity contribution in [2.24, 2.45) is 0 Å². The van der Waals surface area contributed by atoms with E-state index in [1.165, 1.54) is 37.3 Å². The molecule has 0 radical (unpaired) electrons. The normalized spacial score (nSPS) is 15.4. The lowest BCUT2D eigenvalue weighted by Crippen LogP contribution is -2.45. The minimum absolute atomic E-state index is 0.0740. The summed E-state index contributed by atoms with van der Waals surface area (Å²) in [5, 5.41) is 16.5. The number of nitrogens with one attached hydrogen (secondary N) is 2. The molecule has 0 bridgehead atoms. The molecule has 1 heterocycles. The van der Waals surface area contributed by atoms with E-state index >= 15 is 0 Å². The van der Waals surface area contributed by atoms with Crippen LogP contribution in [0.15, 0.2) is 42.5 Å². The molecule has 10 nitrogen and oxygen atoms in total. The van der Waals surface area contributed by atoms with Gasteiger partial charge in [-0.2, -0.15) is 0 Å². The molecule has 1 fully saturated rings. The zero-order chi connectivity index (χ0) is 21.7. The lowest BCUT2D eigenvalue weighted by molar-refractivity contribution is -0.383. The van der Waals surface area contributed by atoms with Crippen molar-refractivity contribution < 1.29 is 24.0 Å². The van der Waals surface area contributed by atoms with Crippen molar-refractivity contribution in [1.82, 2.24) is 4.90 Å². The van der Waals surface area contributed by atoms with Gasteiger partial charge in [0.2, 0.25) is 5.91 Å². The summed E-state index contributed by atoms with van der Waals surface area (Å²) < 4.78 is 10.6. The van der Waals surface area contributed by atoms with Crippen LogP contribution in [0.5, 0.6) is 11.5 Å². The molecule has 1 atom stereocenters. The van der Waals surface area contributed by atoms with Crippen molar-refractivity contribution in [3.63, 3.8) is 0 Å². The second-order valence-electron chi connectivity index (χ2n) is 6.58. The van der Waals surface area contributed by atoms with Crippen molar-refractivity contribution >= 4 is 29.0 Å². The van der Waals surface area contributed by atoms with Gasteiger partial charge in [0.1, 0.15) is 28.9 Å². The average molecular weight is 414 g/mol. The number of benzene rings is 2. The summed E-state index contributed by atoms with van der Waals surface area (Å²) in [7, 11) is 2.96. The van der Waals surface area contributed by atoms with Gasteiger partial charge in [-0.1, -0.05) is 18.2 Å². The number of nitro benzene ring substituents is 1. The monoisotopic (exact) mass is 414 g/mol. The molecule has 2 N–H and O–H groups in total. The van der Waals surface area contributed by atoms with Crippen LogP contribution in [0.4, 0.5) is 21.9 Å². The molecule has 10 heteroatoms. The summed E-state index contributed by atoms with van der Waals surface area (Å²) in [5.74, 6) is 0.459. The summed E-state index contributed by atoms with van der Waals surface area (Å²) in [6, 6.07) is 9.65. The van der Waals surface area contributed by atoms with E-state index in [1.807, 2.05) is 0 Å². The highest BCUT2D eigenvalue weighted by Crippen LogP contribution is 2.35. The van der Waals surface area contributed by atoms with Gasteiger partial charge in [0, 0.05) is 12.6 Å². The number of likely N-dealkylation sites (tertiary alicyclic amines) is 1. The molecule has 158 valence electrons. The molecular formula is C20H22N4O6. The Morgan fingerprint density at radius 2 is 1.73 bits per heavy atom. The maximum Gasteiger partial charge on any atom is 0.322 e.